The van der Waals surface area contributed by atoms with Crippen molar-refractivity contribution in [2.24, 2.45) is 5.92 Å². The summed E-state index contributed by atoms with van der Waals surface area (Å²) in [4.78, 5) is 0. The summed E-state index contributed by atoms with van der Waals surface area (Å²) in [5.74, 6) is 2.45. The molecule has 0 unspecified atom stereocenters. The molecule has 0 atom stereocenters. The SMILES string of the molecule is CCc1nnc(-c2nnc(NCCC(C)C)c3ccccc23)o1. The number of rotatable bonds is 6. The van der Waals surface area contributed by atoms with Gasteiger partial charge in [0.1, 0.15) is 0 Å². The minimum absolute atomic E-state index is 0.416. The average Bonchev–Trinajstić information content (AvgIpc) is 3.03. The van der Waals surface area contributed by atoms with Crippen LogP contribution in [0, 0.1) is 5.92 Å². The normalized spacial score (nSPS) is 11.3. The van der Waals surface area contributed by atoms with Crippen LogP contribution in [0.15, 0.2) is 28.7 Å². The molecule has 6 nitrogen and oxygen atoms in total. The molecule has 0 saturated heterocycles. The van der Waals surface area contributed by atoms with Gasteiger partial charge in [-0.2, -0.15) is 0 Å². The Morgan fingerprint density at radius 2 is 1.83 bits per heavy atom. The Hall–Kier alpha value is -2.50. The fourth-order valence-corrected chi connectivity index (χ4v) is 2.36. The van der Waals surface area contributed by atoms with Crippen LogP contribution in [0.3, 0.4) is 0 Å². The van der Waals surface area contributed by atoms with Gasteiger partial charge in [-0.25, -0.2) is 0 Å². The lowest BCUT2D eigenvalue weighted by molar-refractivity contribution is 0.511. The molecule has 120 valence electrons. The Kier molecular flexibility index (Phi) is 4.50. The van der Waals surface area contributed by atoms with Crippen molar-refractivity contribution in [3.63, 3.8) is 0 Å². The van der Waals surface area contributed by atoms with Gasteiger partial charge in [-0.3, -0.25) is 0 Å². The van der Waals surface area contributed by atoms with Gasteiger partial charge in [-0.1, -0.05) is 45.0 Å². The van der Waals surface area contributed by atoms with Crippen molar-refractivity contribution in [2.45, 2.75) is 33.6 Å². The predicted octanol–water partition coefficient (Wildman–Crippen LogP) is 3.70. The van der Waals surface area contributed by atoms with E-state index in [-0.39, 0.29) is 0 Å². The second-order valence-electron chi connectivity index (χ2n) is 5.91. The second-order valence-corrected chi connectivity index (χ2v) is 5.91. The highest BCUT2D eigenvalue weighted by atomic mass is 16.4. The first-order chi connectivity index (χ1) is 11.2. The standard InChI is InChI=1S/C17H21N5O/c1-4-14-19-22-17(23-14)15-12-7-5-6-8-13(12)16(21-20-15)18-10-9-11(2)3/h5-8,11H,4,9-10H2,1-3H3,(H,18,21). The number of hydrogen-bond acceptors (Lipinski definition) is 6. The molecule has 0 saturated carbocycles. The van der Waals surface area contributed by atoms with E-state index >= 15 is 0 Å². The monoisotopic (exact) mass is 311 g/mol. The van der Waals surface area contributed by atoms with E-state index in [1.807, 2.05) is 31.2 Å². The Bertz CT molecular complexity index is 797. The summed E-state index contributed by atoms with van der Waals surface area (Å²) < 4.78 is 5.63. The van der Waals surface area contributed by atoms with Gasteiger partial charge in [0, 0.05) is 23.7 Å². The van der Waals surface area contributed by atoms with Crippen LogP contribution in [0.5, 0.6) is 0 Å². The van der Waals surface area contributed by atoms with E-state index in [4.69, 9.17) is 4.42 Å². The summed E-state index contributed by atoms with van der Waals surface area (Å²) >= 11 is 0. The number of anilines is 1. The molecule has 0 radical (unpaired) electrons. The van der Waals surface area contributed by atoms with E-state index < -0.39 is 0 Å². The van der Waals surface area contributed by atoms with Crippen molar-refractivity contribution < 1.29 is 4.42 Å². The lowest BCUT2D eigenvalue weighted by atomic mass is 10.1. The van der Waals surface area contributed by atoms with Crippen molar-refractivity contribution in [2.75, 3.05) is 11.9 Å². The Morgan fingerprint density at radius 3 is 2.52 bits per heavy atom. The van der Waals surface area contributed by atoms with Gasteiger partial charge in [0.15, 0.2) is 11.5 Å². The van der Waals surface area contributed by atoms with Crippen molar-refractivity contribution in [1.29, 1.82) is 0 Å². The lowest BCUT2D eigenvalue weighted by Gasteiger charge is -2.10. The Morgan fingerprint density at radius 1 is 1.04 bits per heavy atom. The third-order valence-electron chi connectivity index (χ3n) is 3.67. The van der Waals surface area contributed by atoms with Crippen LogP contribution < -0.4 is 5.32 Å². The highest BCUT2D eigenvalue weighted by Crippen LogP contribution is 2.29. The fourth-order valence-electron chi connectivity index (χ4n) is 2.36. The maximum Gasteiger partial charge on any atom is 0.268 e. The predicted molar refractivity (Wildman–Crippen MR) is 90.2 cm³/mol. The summed E-state index contributed by atoms with van der Waals surface area (Å²) in [6.07, 6.45) is 1.79. The van der Waals surface area contributed by atoms with Gasteiger partial charge in [0.25, 0.3) is 5.89 Å². The number of nitrogens with one attached hydrogen (secondary N) is 1. The molecule has 0 aliphatic heterocycles. The zero-order chi connectivity index (χ0) is 16.2. The molecule has 0 fully saturated rings. The molecule has 0 aliphatic rings. The third kappa shape index (κ3) is 3.31. The topological polar surface area (TPSA) is 76.7 Å². The van der Waals surface area contributed by atoms with Gasteiger partial charge in [0.05, 0.1) is 0 Å². The highest BCUT2D eigenvalue weighted by Gasteiger charge is 2.15. The van der Waals surface area contributed by atoms with Crippen LogP contribution in [0.4, 0.5) is 5.82 Å². The molecular weight excluding hydrogens is 290 g/mol. The Balaban J connectivity index is 1.98. The van der Waals surface area contributed by atoms with Crippen LogP contribution in [0.1, 0.15) is 33.1 Å². The summed E-state index contributed by atoms with van der Waals surface area (Å²) in [5.41, 5.74) is 0.627. The van der Waals surface area contributed by atoms with Crippen molar-refractivity contribution >= 4 is 16.6 Å². The van der Waals surface area contributed by atoms with Crippen LogP contribution >= 0.6 is 0 Å². The van der Waals surface area contributed by atoms with E-state index in [0.29, 0.717) is 29.8 Å². The third-order valence-corrected chi connectivity index (χ3v) is 3.67. The van der Waals surface area contributed by atoms with Gasteiger partial charge in [-0.05, 0) is 12.3 Å². The van der Waals surface area contributed by atoms with E-state index in [2.05, 4.69) is 39.6 Å². The molecule has 2 heterocycles. The molecule has 23 heavy (non-hydrogen) atoms. The molecule has 1 N–H and O–H groups in total. The molecule has 0 aliphatic carbocycles. The first kappa shape index (κ1) is 15.4. The molecule has 0 amide bonds. The van der Waals surface area contributed by atoms with E-state index in [9.17, 15) is 0 Å². The average molecular weight is 311 g/mol. The molecule has 3 aromatic rings. The molecule has 0 bridgehead atoms. The van der Waals surface area contributed by atoms with Gasteiger partial charge in [-0.15, -0.1) is 20.4 Å². The first-order valence-corrected chi connectivity index (χ1v) is 8.01. The van der Waals surface area contributed by atoms with Crippen molar-refractivity contribution in [3.8, 4) is 11.6 Å². The highest BCUT2D eigenvalue weighted by molar-refractivity contribution is 5.98. The number of benzene rings is 1. The molecule has 3 rings (SSSR count). The summed E-state index contributed by atoms with van der Waals surface area (Å²) in [5, 5.41) is 22.1. The zero-order valence-corrected chi connectivity index (χ0v) is 13.7. The lowest BCUT2D eigenvalue weighted by Crippen LogP contribution is -2.08. The van der Waals surface area contributed by atoms with Gasteiger partial charge in [0.2, 0.25) is 5.89 Å². The number of aryl methyl sites for hydroxylation is 1. The van der Waals surface area contributed by atoms with E-state index in [1.165, 1.54) is 0 Å². The van der Waals surface area contributed by atoms with Gasteiger partial charge < -0.3 is 9.73 Å². The van der Waals surface area contributed by atoms with E-state index in [0.717, 1.165) is 29.6 Å². The fraction of sp³-hybridized carbons (Fsp3) is 0.412. The number of nitrogens with zero attached hydrogens (tertiary/aromatic N) is 4. The quantitative estimate of drug-likeness (QED) is 0.748. The van der Waals surface area contributed by atoms with Crippen LogP contribution in [-0.4, -0.2) is 26.9 Å². The maximum absolute atomic E-state index is 5.63. The van der Waals surface area contributed by atoms with Crippen LogP contribution in [-0.2, 0) is 6.42 Å². The van der Waals surface area contributed by atoms with Gasteiger partial charge >= 0.3 is 0 Å². The first-order valence-electron chi connectivity index (χ1n) is 8.01. The molecular formula is C17H21N5O. The summed E-state index contributed by atoms with van der Waals surface area (Å²) in [7, 11) is 0. The van der Waals surface area contributed by atoms with Crippen molar-refractivity contribution in [3.05, 3.63) is 30.2 Å². The summed E-state index contributed by atoms with van der Waals surface area (Å²) in [6, 6.07) is 8.00. The molecule has 0 spiro atoms. The zero-order valence-electron chi connectivity index (χ0n) is 13.7. The largest absolute Gasteiger partial charge is 0.419 e. The number of fused-ring (bicyclic) bond motifs is 1. The number of aromatic nitrogens is 4. The Labute approximate surface area is 135 Å². The molecule has 1 aromatic carbocycles. The molecule has 2 aromatic heterocycles. The smallest absolute Gasteiger partial charge is 0.268 e. The van der Waals surface area contributed by atoms with E-state index in [1.54, 1.807) is 0 Å². The van der Waals surface area contributed by atoms with Crippen LogP contribution in [0.25, 0.3) is 22.4 Å². The molecule has 6 heteroatoms. The summed E-state index contributed by atoms with van der Waals surface area (Å²) in [6.45, 7) is 7.25. The minimum Gasteiger partial charge on any atom is -0.419 e. The van der Waals surface area contributed by atoms with Crippen molar-refractivity contribution in [1.82, 2.24) is 20.4 Å². The number of hydrogen-bond donors (Lipinski definition) is 1. The maximum atomic E-state index is 5.63. The second kappa shape index (κ2) is 6.73. The minimum atomic E-state index is 0.416. The van der Waals surface area contributed by atoms with Crippen LogP contribution in [0.2, 0.25) is 0 Å².